The van der Waals surface area contributed by atoms with Crippen molar-refractivity contribution < 1.29 is 40.4 Å². The first-order chi connectivity index (χ1) is 23.2. The third kappa shape index (κ3) is 6.13. The number of para-hydroxylation sites is 1. The number of nitrogens with one attached hydrogen (secondary N) is 1. The molecule has 3 amide bonds. The molecular weight excluding hydrogens is 668 g/mol. The highest BCUT2D eigenvalue weighted by atomic mass is 32.2. The molecular formula is C33H26F4N6O5S. The van der Waals surface area contributed by atoms with Crippen LogP contribution in [-0.2, 0) is 20.8 Å². The van der Waals surface area contributed by atoms with Gasteiger partial charge in [-0.15, -0.1) is 0 Å². The second kappa shape index (κ2) is 12.5. The summed E-state index contributed by atoms with van der Waals surface area (Å²) in [5, 5.41) is 16.9. The van der Waals surface area contributed by atoms with Crippen LogP contribution in [0.4, 0.5) is 23.4 Å². The van der Waals surface area contributed by atoms with Crippen LogP contribution >= 0.6 is 0 Å². The minimum atomic E-state index is -4.76. The summed E-state index contributed by atoms with van der Waals surface area (Å²) in [6.45, 7) is 1.59. The van der Waals surface area contributed by atoms with Gasteiger partial charge in [0.2, 0.25) is 0 Å². The summed E-state index contributed by atoms with van der Waals surface area (Å²) in [4.78, 5) is 44.3. The fourth-order valence-electron chi connectivity index (χ4n) is 6.13. The van der Waals surface area contributed by atoms with Gasteiger partial charge in [-0.3, -0.25) is 19.3 Å². The standard InChI is InChI=1S/C33H26F4N6O5S/c1-2-41-30-26(28(40-43(30)23-9-4-3-5-10-23)32(46)42-18-49(47,48)17-24(42)16-38)25(19-11-13-22(34)14-12-19)27(31(41)45)39-29(44)20-7-6-8-21(15-20)33(35,36)37/h3-15,24-25,27H,2,17-18H2,1H3,(H,39,44)/t24-,25+,27+/m1/s1. The Morgan fingerprint density at radius 1 is 1.04 bits per heavy atom. The highest BCUT2D eigenvalue weighted by molar-refractivity contribution is 7.91. The second-order valence-corrected chi connectivity index (χ2v) is 13.5. The van der Waals surface area contributed by atoms with Crippen LogP contribution in [0.25, 0.3) is 5.69 Å². The molecule has 3 heterocycles. The van der Waals surface area contributed by atoms with Crippen LogP contribution in [-0.4, -0.2) is 71.1 Å². The summed E-state index contributed by atoms with van der Waals surface area (Å²) in [7, 11) is -3.84. The van der Waals surface area contributed by atoms with Gasteiger partial charge in [-0.05, 0) is 55.0 Å². The number of likely N-dealkylation sites (N-methyl/N-ethyl adjacent to an activating group) is 1. The quantitative estimate of drug-likeness (QED) is 0.300. The maximum absolute atomic E-state index is 14.4. The number of fused-ring (bicyclic) bond motifs is 1. The van der Waals surface area contributed by atoms with Crippen molar-refractivity contribution in [2.75, 3.05) is 23.1 Å². The van der Waals surface area contributed by atoms with E-state index in [9.17, 15) is 45.6 Å². The Balaban J connectivity index is 1.58. The average Bonchev–Trinajstić information content (AvgIpc) is 3.62. The lowest BCUT2D eigenvalue weighted by atomic mass is 9.80. The number of anilines is 1. The molecule has 1 N–H and O–H groups in total. The Hall–Kier alpha value is -5.56. The van der Waals surface area contributed by atoms with Crippen molar-refractivity contribution in [1.29, 1.82) is 5.26 Å². The van der Waals surface area contributed by atoms with E-state index in [-0.39, 0.29) is 29.2 Å². The summed E-state index contributed by atoms with van der Waals surface area (Å²) in [5.41, 5.74) is -1.14. The predicted molar refractivity (Wildman–Crippen MR) is 167 cm³/mol. The number of nitriles is 1. The number of amides is 3. The van der Waals surface area contributed by atoms with Gasteiger partial charge in [0, 0.05) is 23.6 Å². The van der Waals surface area contributed by atoms with E-state index in [1.807, 2.05) is 6.07 Å². The monoisotopic (exact) mass is 694 g/mol. The maximum atomic E-state index is 14.4. The largest absolute Gasteiger partial charge is 0.416 e. The van der Waals surface area contributed by atoms with E-state index in [0.29, 0.717) is 11.8 Å². The predicted octanol–water partition coefficient (Wildman–Crippen LogP) is 4.05. The van der Waals surface area contributed by atoms with Crippen LogP contribution in [0.5, 0.6) is 0 Å². The third-order valence-corrected chi connectivity index (χ3v) is 9.84. The zero-order chi connectivity index (χ0) is 35.2. The number of nitrogens with zero attached hydrogens (tertiary/aromatic N) is 5. The molecule has 1 fully saturated rings. The lowest BCUT2D eigenvalue weighted by molar-refractivity contribution is -0.137. The molecule has 3 aromatic carbocycles. The zero-order valence-corrected chi connectivity index (χ0v) is 26.4. The van der Waals surface area contributed by atoms with Gasteiger partial charge in [0.1, 0.15) is 29.6 Å². The summed E-state index contributed by atoms with van der Waals surface area (Å²) in [6.07, 6.45) is -4.76. The van der Waals surface area contributed by atoms with Crippen LogP contribution in [0.2, 0.25) is 0 Å². The average molecular weight is 695 g/mol. The lowest BCUT2D eigenvalue weighted by Gasteiger charge is -2.38. The van der Waals surface area contributed by atoms with Crippen LogP contribution in [0, 0.1) is 17.1 Å². The molecule has 0 aliphatic carbocycles. The van der Waals surface area contributed by atoms with E-state index >= 15 is 0 Å². The molecule has 2 aliphatic rings. The minimum Gasteiger partial charge on any atom is -0.339 e. The summed E-state index contributed by atoms with van der Waals surface area (Å²) >= 11 is 0. The van der Waals surface area contributed by atoms with Crippen LogP contribution in [0.15, 0.2) is 78.9 Å². The maximum Gasteiger partial charge on any atom is 0.416 e. The molecule has 6 rings (SSSR count). The van der Waals surface area contributed by atoms with Crippen molar-refractivity contribution >= 4 is 33.4 Å². The molecule has 1 saturated heterocycles. The van der Waals surface area contributed by atoms with Crippen LogP contribution in [0.3, 0.4) is 0 Å². The number of aromatic nitrogens is 2. The molecule has 49 heavy (non-hydrogen) atoms. The number of sulfone groups is 1. The molecule has 11 nitrogen and oxygen atoms in total. The Morgan fingerprint density at radius 3 is 2.37 bits per heavy atom. The van der Waals surface area contributed by atoms with Crippen molar-refractivity contribution in [3.05, 3.63) is 113 Å². The topological polar surface area (TPSA) is 145 Å². The molecule has 0 bridgehead atoms. The SMILES string of the molecule is CCN1C(=O)[C@@H](NC(=O)c2cccc(C(F)(F)F)c2)[C@@H](c2ccc(F)cc2)c2c(C(=O)N3CS(=O)(=O)C[C@H]3C#N)nn(-c3ccccc3)c21. The van der Waals surface area contributed by atoms with E-state index in [4.69, 9.17) is 0 Å². The highest BCUT2D eigenvalue weighted by Gasteiger charge is 2.49. The van der Waals surface area contributed by atoms with Crippen molar-refractivity contribution in [2.24, 2.45) is 0 Å². The van der Waals surface area contributed by atoms with Gasteiger partial charge in [-0.25, -0.2) is 17.5 Å². The molecule has 252 valence electrons. The molecule has 16 heteroatoms. The van der Waals surface area contributed by atoms with Gasteiger partial charge < -0.3 is 10.2 Å². The van der Waals surface area contributed by atoms with Gasteiger partial charge in [-0.2, -0.15) is 23.5 Å². The number of rotatable bonds is 6. The number of hydrogen-bond donors (Lipinski definition) is 1. The number of carbonyl (C=O) groups excluding carboxylic acids is 3. The fraction of sp³-hybridized carbons (Fsp3) is 0.242. The normalized spacial score (nSPS) is 20.1. The Bertz CT molecular complexity index is 2110. The number of carbonyl (C=O) groups is 3. The fourth-order valence-corrected chi connectivity index (χ4v) is 7.69. The Kier molecular flexibility index (Phi) is 8.49. The Morgan fingerprint density at radius 2 is 1.73 bits per heavy atom. The highest BCUT2D eigenvalue weighted by Crippen LogP contribution is 2.44. The molecule has 2 aliphatic heterocycles. The molecule has 0 radical (unpaired) electrons. The van der Waals surface area contributed by atoms with Gasteiger partial charge in [0.25, 0.3) is 17.7 Å². The van der Waals surface area contributed by atoms with Gasteiger partial charge in [-0.1, -0.05) is 36.4 Å². The van der Waals surface area contributed by atoms with E-state index in [2.05, 4.69) is 10.4 Å². The number of hydrogen-bond acceptors (Lipinski definition) is 7. The van der Waals surface area contributed by atoms with Gasteiger partial charge in [0.15, 0.2) is 15.5 Å². The number of benzene rings is 3. The molecule has 4 aromatic rings. The van der Waals surface area contributed by atoms with Crippen molar-refractivity contribution in [2.45, 2.75) is 31.1 Å². The third-order valence-electron chi connectivity index (χ3n) is 8.35. The summed E-state index contributed by atoms with van der Waals surface area (Å²) < 4.78 is 81.1. The Labute approximate surface area is 277 Å². The first-order valence-electron chi connectivity index (χ1n) is 14.9. The molecule has 1 aromatic heterocycles. The van der Waals surface area contributed by atoms with E-state index < -0.39 is 80.3 Å². The molecule has 3 atom stereocenters. The van der Waals surface area contributed by atoms with E-state index in [1.165, 1.54) is 21.7 Å². The van der Waals surface area contributed by atoms with Crippen LogP contribution < -0.4 is 10.2 Å². The lowest BCUT2D eigenvalue weighted by Crippen LogP contribution is -2.55. The van der Waals surface area contributed by atoms with Gasteiger partial charge >= 0.3 is 6.18 Å². The van der Waals surface area contributed by atoms with Crippen molar-refractivity contribution in [3.63, 3.8) is 0 Å². The first kappa shape index (κ1) is 33.3. The van der Waals surface area contributed by atoms with Crippen molar-refractivity contribution in [1.82, 2.24) is 20.0 Å². The summed E-state index contributed by atoms with van der Waals surface area (Å²) in [5.74, 6) is -5.89. The minimum absolute atomic E-state index is 0.0248. The van der Waals surface area contributed by atoms with Gasteiger partial charge in [0.05, 0.1) is 23.1 Å². The first-order valence-corrected chi connectivity index (χ1v) is 16.7. The number of halogens is 4. The number of alkyl halides is 3. The molecule has 0 saturated carbocycles. The van der Waals surface area contributed by atoms with E-state index in [0.717, 1.165) is 35.2 Å². The van der Waals surface area contributed by atoms with Crippen molar-refractivity contribution in [3.8, 4) is 11.8 Å². The summed E-state index contributed by atoms with van der Waals surface area (Å²) in [6, 6.07) is 15.8. The van der Waals surface area contributed by atoms with Crippen LogP contribution in [0.1, 0.15) is 50.4 Å². The van der Waals surface area contributed by atoms with E-state index in [1.54, 1.807) is 37.3 Å². The second-order valence-electron chi connectivity index (χ2n) is 11.4. The molecule has 0 unspecified atom stereocenters. The smallest absolute Gasteiger partial charge is 0.339 e. The molecule has 0 spiro atoms. The zero-order valence-electron chi connectivity index (χ0n) is 25.6.